The molecule has 2 fully saturated rings. The molecule has 0 atom stereocenters. The molecule has 0 unspecified atom stereocenters. The highest BCUT2D eigenvalue weighted by Gasteiger charge is 2.30. The summed E-state index contributed by atoms with van der Waals surface area (Å²) in [6, 6.07) is 7.97. The number of amides is 1. The van der Waals surface area contributed by atoms with Crippen molar-refractivity contribution in [2.24, 2.45) is 11.8 Å². The van der Waals surface area contributed by atoms with E-state index in [-0.39, 0.29) is 5.92 Å². The van der Waals surface area contributed by atoms with Gasteiger partial charge < -0.3 is 14.5 Å². The molecular formula is C25H31N5O2. The first kappa shape index (κ1) is 20.8. The molecule has 2 aliphatic rings. The van der Waals surface area contributed by atoms with Gasteiger partial charge >= 0.3 is 0 Å². The van der Waals surface area contributed by atoms with E-state index in [1.807, 2.05) is 42.9 Å². The van der Waals surface area contributed by atoms with Crippen LogP contribution in [0.4, 0.5) is 5.82 Å². The zero-order valence-electron chi connectivity index (χ0n) is 18.9. The fourth-order valence-electron chi connectivity index (χ4n) is 5.01. The predicted molar refractivity (Wildman–Crippen MR) is 125 cm³/mol. The van der Waals surface area contributed by atoms with Crippen LogP contribution in [0.2, 0.25) is 0 Å². The number of rotatable bonds is 4. The van der Waals surface area contributed by atoms with Crippen molar-refractivity contribution < 1.29 is 9.53 Å². The summed E-state index contributed by atoms with van der Waals surface area (Å²) in [5.41, 5.74) is 2.90. The molecule has 1 saturated heterocycles. The van der Waals surface area contributed by atoms with Gasteiger partial charge in [0.2, 0.25) is 5.91 Å². The van der Waals surface area contributed by atoms with Crippen LogP contribution in [0.5, 0.6) is 5.75 Å². The SMILES string of the molecule is COc1ccc(-c2cnc(N3CCN(C(=O)C4CCC(C)CC4)CC3)c3nccn23)cc1. The summed E-state index contributed by atoms with van der Waals surface area (Å²) < 4.78 is 7.36. The van der Waals surface area contributed by atoms with Crippen LogP contribution < -0.4 is 9.64 Å². The molecule has 3 aromatic rings. The monoisotopic (exact) mass is 433 g/mol. The Labute approximate surface area is 189 Å². The summed E-state index contributed by atoms with van der Waals surface area (Å²) in [7, 11) is 1.67. The number of imidazole rings is 1. The summed E-state index contributed by atoms with van der Waals surface area (Å²) in [4.78, 5) is 26.7. The van der Waals surface area contributed by atoms with Crippen LogP contribution in [0.1, 0.15) is 32.6 Å². The summed E-state index contributed by atoms with van der Waals surface area (Å²) in [6.45, 7) is 5.36. The molecule has 2 aromatic heterocycles. The van der Waals surface area contributed by atoms with Gasteiger partial charge in [-0.2, -0.15) is 0 Å². The van der Waals surface area contributed by atoms with Gasteiger partial charge in [0.05, 0.1) is 19.0 Å². The second-order valence-corrected chi connectivity index (χ2v) is 9.09. The van der Waals surface area contributed by atoms with E-state index in [1.54, 1.807) is 7.11 Å². The first-order chi connectivity index (χ1) is 15.6. The second-order valence-electron chi connectivity index (χ2n) is 9.09. The molecule has 7 nitrogen and oxygen atoms in total. The van der Waals surface area contributed by atoms with Crippen LogP contribution in [0.25, 0.3) is 16.9 Å². The lowest BCUT2D eigenvalue weighted by molar-refractivity contribution is -0.137. The van der Waals surface area contributed by atoms with Crippen LogP contribution in [-0.2, 0) is 4.79 Å². The van der Waals surface area contributed by atoms with E-state index in [9.17, 15) is 4.79 Å². The summed E-state index contributed by atoms with van der Waals surface area (Å²) in [5.74, 6) is 3.05. The Morgan fingerprint density at radius 3 is 2.41 bits per heavy atom. The maximum Gasteiger partial charge on any atom is 0.225 e. The molecule has 3 heterocycles. The molecular weight excluding hydrogens is 402 g/mol. The Hall–Kier alpha value is -3.09. The fraction of sp³-hybridized carbons (Fsp3) is 0.480. The Morgan fingerprint density at radius 2 is 1.72 bits per heavy atom. The highest BCUT2D eigenvalue weighted by Crippen LogP contribution is 2.31. The third-order valence-corrected chi connectivity index (χ3v) is 7.05. The van der Waals surface area contributed by atoms with E-state index in [2.05, 4.69) is 26.1 Å². The smallest absolute Gasteiger partial charge is 0.225 e. The minimum Gasteiger partial charge on any atom is -0.497 e. The topological polar surface area (TPSA) is 63.0 Å². The van der Waals surface area contributed by atoms with Crippen molar-refractivity contribution in [2.45, 2.75) is 32.6 Å². The fourth-order valence-corrected chi connectivity index (χ4v) is 5.01. The zero-order valence-corrected chi connectivity index (χ0v) is 18.9. The van der Waals surface area contributed by atoms with E-state index in [4.69, 9.17) is 9.72 Å². The third kappa shape index (κ3) is 3.92. The minimum absolute atomic E-state index is 0.221. The molecule has 1 saturated carbocycles. The van der Waals surface area contributed by atoms with Gasteiger partial charge in [-0.1, -0.05) is 6.92 Å². The van der Waals surface area contributed by atoms with Gasteiger partial charge in [-0.3, -0.25) is 9.20 Å². The standard InChI is InChI=1S/C25H31N5O2/c1-18-3-5-20(6-4-18)25(31)29-15-13-28(14-16-29)23-24-26-11-12-30(24)22(17-27-23)19-7-9-21(32-2)10-8-19/h7-12,17-18,20H,3-6,13-16H2,1-2H3. The van der Waals surface area contributed by atoms with Crippen LogP contribution in [-0.4, -0.2) is 58.5 Å². The Bertz CT molecular complexity index is 1080. The number of aromatic nitrogens is 3. The van der Waals surface area contributed by atoms with E-state index in [0.717, 1.165) is 73.4 Å². The first-order valence-corrected chi connectivity index (χ1v) is 11.6. The normalized spacial score (nSPS) is 21.7. The molecule has 7 heteroatoms. The van der Waals surface area contributed by atoms with Crippen molar-refractivity contribution in [2.75, 3.05) is 38.2 Å². The maximum absolute atomic E-state index is 13.0. The van der Waals surface area contributed by atoms with Crippen molar-refractivity contribution in [3.05, 3.63) is 42.9 Å². The van der Waals surface area contributed by atoms with Gasteiger partial charge in [-0.15, -0.1) is 0 Å². The number of piperazine rings is 1. The third-order valence-electron chi connectivity index (χ3n) is 7.05. The minimum atomic E-state index is 0.221. The number of carbonyl (C=O) groups excluding carboxylic acids is 1. The van der Waals surface area contributed by atoms with Gasteiger partial charge in [-0.05, 0) is 55.9 Å². The molecule has 32 heavy (non-hydrogen) atoms. The van der Waals surface area contributed by atoms with Crippen LogP contribution in [0, 0.1) is 11.8 Å². The number of hydrogen-bond acceptors (Lipinski definition) is 5. The first-order valence-electron chi connectivity index (χ1n) is 11.6. The second kappa shape index (κ2) is 8.81. The highest BCUT2D eigenvalue weighted by molar-refractivity contribution is 5.79. The van der Waals surface area contributed by atoms with E-state index < -0.39 is 0 Å². The van der Waals surface area contributed by atoms with Crippen LogP contribution in [0.15, 0.2) is 42.9 Å². The molecule has 168 valence electrons. The molecule has 1 aliphatic carbocycles. The van der Waals surface area contributed by atoms with Crippen molar-refractivity contribution in [3.63, 3.8) is 0 Å². The lowest BCUT2D eigenvalue weighted by atomic mass is 9.82. The number of benzene rings is 1. The van der Waals surface area contributed by atoms with Crippen molar-refractivity contribution >= 4 is 17.4 Å². The van der Waals surface area contributed by atoms with Gasteiger partial charge in [-0.25, -0.2) is 9.97 Å². The number of carbonyl (C=O) groups is 1. The number of methoxy groups -OCH3 is 1. The van der Waals surface area contributed by atoms with Gasteiger partial charge in [0.15, 0.2) is 11.5 Å². The number of nitrogens with zero attached hydrogens (tertiary/aromatic N) is 5. The Morgan fingerprint density at radius 1 is 1.00 bits per heavy atom. The summed E-state index contributed by atoms with van der Waals surface area (Å²) >= 11 is 0. The van der Waals surface area contributed by atoms with Gasteiger partial charge in [0, 0.05) is 50.1 Å². The lowest BCUT2D eigenvalue weighted by Crippen LogP contribution is -2.51. The maximum atomic E-state index is 13.0. The molecule has 0 N–H and O–H groups in total. The Kier molecular flexibility index (Phi) is 5.72. The highest BCUT2D eigenvalue weighted by atomic mass is 16.5. The van der Waals surface area contributed by atoms with Gasteiger partial charge in [0.25, 0.3) is 0 Å². The number of ether oxygens (including phenoxy) is 1. The predicted octanol–water partition coefficient (Wildman–Crippen LogP) is 3.88. The number of fused-ring (bicyclic) bond motifs is 1. The molecule has 0 spiro atoms. The number of hydrogen-bond donors (Lipinski definition) is 0. The number of anilines is 1. The molecule has 1 aromatic carbocycles. The Balaban J connectivity index is 1.31. The van der Waals surface area contributed by atoms with Crippen molar-refractivity contribution in [3.8, 4) is 17.0 Å². The van der Waals surface area contributed by atoms with Crippen LogP contribution >= 0.6 is 0 Å². The molecule has 0 bridgehead atoms. The largest absolute Gasteiger partial charge is 0.497 e. The lowest BCUT2D eigenvalue weighted by Gasteiger charge is -2.38. The quantitative estimate of drug-likeness (QED) is 0.625. The summed E-state index contributed by atoms with van der Waals surface area (Å²) in [5, 5.41) is 0. The molecule has 1 amide bonds. The van der Waals surface area contributed by atoms with Crippen molar-refractivity contribution in [1.29, 1.82) is 0 Å². The van der Waals surface area contributed by atoms with E-state index in [0.29, 0.717) is 5.91 Å². The summed E-state index contributed by atoms with van der Waals surface area (Å²) in [6.07, 6.45) is 10.2. The average Bonchev–Trinajstić information content (AvgIpc) is 3.34. The molecule has 5 rings (SSSR count). The molecule has 0 radical (unpaired) electrons. The van der Waals surface area contributed by atoms with Crippen molar-refractivity contribution in [1.82, 2.24) is 19.3 Å². The van der Waals surface area contributed by atoms with Gasteiger partial charge in [0.1, 0.15) is 5.75 Å². The van der Waals surface area contributed by atoms with E-state index >= 15 is 0 Å². The zero-order chi connectivity index (χ0) is 22.1. The molecule has 1 aliphatic heterocycles. The van der Waals surface area contributed by atoms with Crippen LogP contribution in [0.3, 0.4) is 0 Å². The van der Waals surface area contributed by atoms with E-state index in [1.165, 1.54) is 12.8 Å². The average molecular weight is 434 g/mol.